The zero-order valence-electron chi connectivity index (χ0n) is 11.5. The van der Waals surface area contributed by atoms with E-state index in [1.54, 1.807) is 12.3 Å². The quantitative estimate of drug-likeness (QED) is 0.764. The van der Waals surface area contributed by atoms with Crippen molar-refractivity contribution in [3.05, 3.63) is 36.2 Å². The van der Waals surface area contributed by atoms with Crippen LogP contribution in [0, 0.1) is 5.92 Å². The third-order valence-corrected chi connectivity index (χ3v) is 3.07. The number of aliphatic hydroxyl groups is 1. The average molecular weight is 274 g/mol. The highest BCUT2D eigenvalue weighted by Crippen LogP contribution is 2.14. The number of carbonyl (C=O) groups excluding carboxylic acids is 1. The first kappa shape index (κ1) is 14.2. The van der Waals surface area contributed by atoms with Gasteiger partial charge in [0.05, 0.1) is 18.3 Å². The number of nitrogens with one attached hydrogen (secondary N) is 2. The number of aromatic nitrogens is 3. The van der Waals surface area contributed by atoms with Crippen molar-refractivity contribution in [2.24, 2.45) is 5.92 Å². The molecular weight excluding hydrogens is 256 g/mol. The number of H-pyrrole nitrogens is 1. The summed E-state index contributed by atoms with van der Waals surface area (Å²) in [5, 5.41) is 18.8. The molecule has 0 saturated carbocycles. The molecule has 6 heteroatoms. The van der Waals surface area contributed by atoms with Crippen LogP contribution in [0.25, 0.3) is 11.4 Å². The number of aliphatic hydroxyl groups excluding tert-OH is 1. The lowest BCUT2D eigenvalue weighted by Gasteiger charge is -2.19. The van der Waals surface area contributed by atoms with Gasteiger partial charge in [-0.05, 0) is 24.1 Å². The molecule has 0 aliphatic heterocycles. The van der Waals surface area contributed by atoms with Gasteiger partial charge in [-0.1, -0.05) is 19.9 Å². The maximum Gasteiger partial charge on any atom is 0.269 e. The van der Waals surface area contributed by atoms with Crippen molar-refractivity contribution < 1.29 is 9.90 Å². The Morgan fingerprint density at radius 2 is 2.20 bits per heavy atom. The molecule has 0 aromatic carbocycles. The molecule has 2 heterocycles. The highest BCUT2D eigenvalue weighted by Gasteiger charge is 2.18. The van der Waals surface area contributed by atoms with Crippen LogP contribution in [0.15, 0.2) is 30.5 Å². The van der Waals surface area contributed by atoms with Gasteiger partial charge in [0.1, 0.15) is 11.4 Å². The summed E-state index contributed by atoms with van der Waals surface area (Å²) in [6, 6.07) is 6.87. The summed E-state index contributed by atoms with van der Waals surface area (Å²) >= 11 is 0. The van der Waals surface area contributed by atoms with Crippen LogP contribution in [0.1, 0.15) is 24.3 Å². The third-order valence-electron chi connectivity index (χ3n) is 3.07. The van der Waals surface area contributed by atoms with E-state index in [1.165, 1.54) is 0 Å². The van der Waals surface area contributed by atoms with E-state index < -0.39 is 0 Å². The first-order valence-electron chi connectivity index (χ1n) is 6.50. The van der Waals surface area contributed by atoms with E-state index in [4.69, 9.17) is 0 Å². The van der Waals surface area contributed by atoms with Crippen molar-refractivity contribution >= 4 is 5.91 Å². The van der Waals surface area contributed by atoms with E-state index in [9.17, 15) is 9.90 Å². The second-order valence-corrected chi connectivity index (χ2v) is 4.89. The Kier molecular flexibility index (Phi) is 4.47. The number of nitrogens with zero attached hydrogens (tertiary/aromatic N) is 2. The average Bonchev–Trinajstić information content (AvgIpc) is 2.95. The van der Waals surface area contributed by atoms with Crippen molar-refractivity contribution in [2.75, 3.05) is 6.61 Å². The van der Waals surface area contributed by atoms with Gasteiger partial charge in [0.2, 0.25) is 0 Å². The van der Waals surface area contributed by atoms with E-state index in [-0.39, 0.29) is 24.5 Å². The lowest BCUT2D eigenvalue weighted by molar-refractivity contribution is 0.0892. The van der Waals surface area contributed by atoms with E-state index in [0.29, 0.717) is 17.1 Å². The molecule has 0 radical (unpaired) electrons. The summed E-state index contributed by atoms with van der Waals surface area (Å²) in [6.07, 6.45) is 1.67. The van der Waals surface area contributed by atoms with Crippen LogP contribution in [0.2, 0.25) is 0 Å². The number of pyridine rings is 1. The highest BCUT2D eigenvalue weighted by molar-refractivity contribution is 5.93. The number of aromatic amines is 1. The molecule has 0 fully saturated rings. The van der Waals surface area contributed by atoms with E-state index in [1.807, 2.05) is 32.0 Å². The Balaban J connectivity index is 2.11. The van der Waals surface area contributed by atoms with Gasteiger partial charge in [-0.3, -0.25) is 14.9 Å². The van der Waals surface area contributed by atoms with Crippen molar-refractivity contribution in [1.29, 1.82) is 0 Å². The molecule has 0 aliphatic carbocycles. The maximum absolute atomic E-state index is 12.0. The zero-order chi connectivity index (χ0) is 14.5. The van der Waals surface area contributed by atoms with Crippen LogP contribution in [-0.2, 0) is 0 Å². The Morgan fingerprint density at radius 3 is 2.80 bits per heavy atom. The minimum Gasteiger partial charge on any atom is -0.394 e. The Labute approximate surface area is 117 Å². The number of carbonyl (C=O) groups is 1. The molecule has 1 amide bonds. The molecular formula is C14H18N4O2. The fourth-order valence-electron chi connectivity index (χ4n) is 1.75. The SMILES string of the molecule is CC(C)[C@@H](CO)NC(=O)c1cc(-c2ccccn2)n[nH]1. The van der Waals surface area contributed by atoms with E-state index >= 15 is 0 Å². The number of rotatable bonds is 5. The van der Waals surface area contributed by atoms with Gasteiger partial charge in [-0.15, -0.1) is 0 Å². The predicted molar refractivity (Wildman–Crippen MR) is 75.0 cm³/mol. The fourth-order valence-corrected chi connectivity index (χ4v) is 1.75. The molecule has 0 unspecified atom stereocenters. The van der Waals surface area contributed by atoms with Crippen LogP contribution in [0.4, 0.5) is 0 Å². The molecule has 0 bridgehead atoms. The highest BCUT2D eigenvalue weighted by atomic mass is 16.3. The Hall–Kier alpha value is -2.21. The van der Waals surface area contributed by atoms with Crippen LogP contribution in [0.5, 0.6) is 0 Å². The first-order chi connectivity index (χ1) is 9.61. The molecule has 2 aromatic heterocycles. The van der Waals surface area contributed by atoms with Gasteiger partial charge in [-0.25, -0.2) is 0 Å². The smallest absolute Gasteiger partial charge is 0.269 e. The Bertz CT molecular complexity index is 566. The van der Waals surface area contributed by atoms with Gasteiger partial charge in [-0.2, -0.15) is 5.10 Å². The van der Waals surface area contributed by atoms with Crippen molar-refractivity contribution in [2.45, 2.75) is 19.9 Å². The van der Waals surface area contributed by atoms with Gasteiger partial charge < -0.3 is 10.4 Å². The lowest BCUT2D eigenvalue weighted by Crippen LogP contribution is -2.41. The maximum atomic E-state index is 12.0. The van der Waals surface area contributed by atoms with Crippen LogP contribution in [-0.4, -0.2) is 38.8 Å². The molecule has 2 aromatic rings. The largest absolute Gasteiger partial charge is 0.394 e. The van der Waals surface area contributed by atoms with Crippen LogP contribution >= 0.6 is 0 Å². The van der Waals surface area contributed by atoms with Gasteiger partial charge in [0.25, 0.3) is 5.91 Å². The molecule has 0 saturated heterocycles. The summed E-state index contributed by atoms with van der Waals surface area (Å²) in [5.74, 6) is -0.130. The minimum absolute atomic E-state index is 0.0926. The standard InChI is InChI=1S/C14H18N4O2/c1-9(2)13(8-19)16-14(20)12-7-11(17-18-12)10-5-3-4-6-15-10/h3-7,9,13,19H,8H2,1-2H3,(H,16,20)(H,17,18)/t13-/m1/s1. The molecule has 3 N–H and O–H groups in total. The fraction of sp³-hybridized carbons (Fsp3) is 0.357. The molecule has 1 atom stereocenters. The van der Waals surface area contributed by atoms with E-state index in [0.717, 1.165) is 0 Å². The summed E-state index contributed by atoms with van der Waals surface area (Å²) in [6.45, 7) is 3.78. The van der Waals surface area contributed by atoms with Crippen LogP contribution < -0.4 is 5.32 Å². The normalized spacial score (nSPS) is 12.4. The molecule has 20 heavy (non-hydrogen) atoms. The van der Waals surface area contributed by atoms with Crippen LogP contribution in [0.3, 0.4) is 0 Å². The summed E-state index contributed by atoms with van der Waals surface area (Å²) in [7, 11) is 0. The van der Waals surface area contributed by atoms with E-state index in [2.05, 4.69) is 20.5 Å². The Morgan fingerprint density at radius 1 is 1.40 bits per heavy atom. The van der Waals surface area contributed by atoms with Crippen molar-refractivity contribution in [1.82, 2.24) is 20.5 Å². The van der Waals surface area contributed by atoms with Crippen molar-refractivity contribution in [3.63, 3.8) is 0 Å². The molecule has 0 spiro atoms. The monoisotopic (exact) mass is 274 g/mol. The topological polar surface area (TPSA) is 90.9 Å². The lowest BCUT2D eigenvalue weighted by atomic mass is 10.1. The third kappa shape index (κ3) is 3.21. The zero-order valence-corrected chi connectivity index (χ0v) is 11.5. The number of amides is 1. The molecule has 6 nitrogen and oxygen atoms in total. The van der Waals surface area contributed by atoms with Gasteiger partial charge >= 0.3 is 0 Å². The molecule has 0 aliphatic rings. The van der Waals surface area contributed by atoms with Gasteiger partial charge in [0.15, 0.2) is 0 Å². The summed E-state index contributed by atoms with van der Waals surface area (Å²) in [5.41, 5.74) is 1.66. The summed E-state index contributed by atoms with van der Waals surface area (Å²) < 4.78 is 0. The van der Waals surface area contributed by atoms with Gasteiger partial charge in [0, 0.05) is 6.20 Å². The summed E-state index contributed by atoms with van der Waals surface area (Å²) in [4.78, 5) is 16.2. The molecule has 106 valence electrons. The number of hydrogen-bond acceptors (Lipinski definition) is 4. The van der Waals surface area contributed by atoms with Crippen molar-refractivity contribution in [3.8, 4) is 11.4 Å². The first-order valence-corrected chi connectivity index (χ1v) is 6.50. The second kappa shape index (κ2) is 6.29. The minimum atomic E-state index is -0.285. The predicted octanol–water partition coefficient (Wildman–Crippen LogP) is 1.22. The molecule has 2 rings (SSSR count). The number of hydrogen-bond donors (Lipinski definition) is 3. The second-order valence-electron chi connectivity index (χ2n) is 4.89.